The molecule has 0 saturated carbocycles. The third-order valence-corrected chi connectivity index (χ3v) is 7.18. The third kappa shape index (κ3) is 9.75. The number of carbonyl (C=O) groups is 9. The Hall–Kier alpha value is -4.57. The van der Waals surface area contributed by atoms with Gasteiger partial charge in [-0.05, 0) is 39.5 Å². The van der Waals surface area contributed by atoms with Gasteiger partial charge in [0.1, 0.15) is 36.5 Å². The van der Waals surface area contributed by atoms with Gasteiger partial charge in [0.05, 0.1) is 18.9 Å². The first kappa shape index (κ1) is 34.6. The average molecular weight is 609 g/mol. The second-order valence-electron chi connectivity index (χ2n) is 10.7. The van der Waals surface area contributed by atoms with Gasteiger partial charge in [0.25, 0.3) is 0 Å². The Morgan fingerprint density at radius 2 is 1.30 bits per heavy atom. The highest BCUT2D eigenvalue weighted by molar-refractivity contribution is 5.98. The van der Waals surface area contributed by atoms with Gasteiger partial charge in [0.15, 0.2) is 0 Å². The second kappa shape index (κ2) is 15.6. The highest BCUT2D eigenvalue weighted by Crippen LogP contribution is 2.20. The van der Waals surface area contributed by atoms with Crippen molar-refractivity contribution in [1.29, 1.82) is 0 Å². The number of primary amides is 2. The van der Waals surface area contributed by atoms with E-state index in [0.717, 1.165) is 11.8 Å². The summed E-state index contributed by atoms with van der Waals surface area (Å²) >= 11 is 0. The molecule has 0 aliphatic carbocycles. The van der Waals surface area contributed by atoms with Crippen LogP contribution in [0.4, 0.5) is 0 Å². The van der Waals surface area contributed by atoms with E-state index < -0.39 is 96.4 Å². The van der Waals surface area contributed by atoms with Gasteiger partial charge in [-0.3, -0.25) is 38.4 Å². The third-order valence-electron chi connectivity index (χ3n) is 7.18. The van der Waals surface area contributed by atoms with E-state index in [4.69, 9.17) is 11.5 Å². The van der Waals surface area contributed by atoms with E-state index in [-0.39, 0.29) is 13.0 Å². The maximum atomic E-state index is 13.2. The van der Waals surface area contributed by atoms with E-state index in [9.17, 15) is 43.2 Å². The van der Waals surface area contributed by atoms with Gasteiger partial charge in [0.2, 0.25) is 47.3 Å². The van der Waals surface area contributed by atoms with Crippen LogP contribution in [0, 0.1) is 0 Å². The molecule has 2 aliphatic rings. The molecule has 43 heavy (non-hydrogen) atoms. The number of carbonyl (C=O) groups excluding carboxylic acids is 9. The van der Waals surface area contributed by atoms with E-state index in [1.165, 1.54) is 18.7 Å². The molecule has 238 valence electrons. The lowest BCUT2D eigenvalue weighted by Crippen LogP contribution is -2.59. The second-order valence-corrected chi connectivity index (χ2v) is 10.7. The van der Waals surface area contributed by atoms with Crippen LogP contribution in [-0.2, 0) is 43.2 Å². The van der Waals surface area contributed by atoms with E-state index >= 15 is 0 Å². The topological polar surface area (TPSA) is 260 Å². The fourth-order valence-corrected chi connectivity index (χ4v) is 5.06. The van der Waals surface area contributed by atoms with Gasteiger partial charge in [-0.15, -0.1) is 0 Å². The van der Waals surface area contributed by atoms with Crippen LogP contribution in [0.3, 0.4) is 0 Å². The minimum atomic E-state index is -1.51. The molecule has 2 aliphatic heterocycles. The van der Waals surface area contributed by atoms with Crippen molar-refractivity contribution in [2.24, 2.45) is 11.5 Å². The summed E-state index contributed by atoms with van der Waals surface area (Å²) in [6.07, 6.45) is 1.35. The monoisotopic (exact) mass is 608 g/mol. The Labute approximate surface area is 248 Å². The zero-order valence-corrected chi connectivity index (χ0v) is 24.4. The lowest BCUT2D eigenvalue weighted by molar-refractivity contribution is -0.143. The Balaban J connectivity index is 2.06. The van der Waals surface area contributed by atoms with Crippen molar-refractivity contribution in [1.82, 2.24) is 31.1 Å². The SMILES string of the molecule is CC(=O)N[C@@H](CC(N)=O)C(=O)N1CCC[C@H]1C(=O)N[C@@H](CC(N)=O)C(=O)N[C@@H](C)C(=O)N[C@@H](C)C(=O)N1CCC[C@H]1C=O. The Morgan fingerprint density at radius 3 is 1.88 bits per heavy atom. The van der Waals surface area contributed by atoms with Crippen molar-refractivity contribution in [2.75, 3.05) is 13.1 Å². The molecule has 2 fully saturated rings. The van der Waals surface area contributed by atoms with E-state index in [0.29, 0.717) is 32.1 Å². The minimum absolute atomic E-state index is 0.123. The van der Waals surface area contributed by atoms with Crippen LogP contribution in [-0.4, -0.2) is 113 Å². The molecule has 8 amide bonds. The predicted octanol–water partition coefficient (Wildman–Crippen LogP) is -4.08. The number of amides is 8. The molecule has 8 N–H and O–H groups in total. The van der Waals surface area contributed by atoms with Crippen molar-refractivity contribution in [3.8, 4) is 0 Å². The molecule has 6 atom stereocenters. The summed E-state index contributed by atoms with van der Waals surface area (Å²) in [5.74, 6) is -5.98. The first-order valence-corrected chi connectivity index (χ1v) is 14.0. The number of rotatable bonds is 14. The summed E-state index contributed by atoms with van der Waals surface area (Å²) in [6, 6.07) is -6.65. The first-order valence-electron chi connectivity index (χ1n) is 14.0. The number of likely N-dealkylation sites (tertiary alicyclic amines) is 2. The highest BCUT2D eigenvalue weighted by Gasteiger charge is 2.39. The van der Waals surface area contributed by atoms with Crippen molar-refractivity contribution in [3.05, 3.63) is 0 Å². The van der Waals surface area contributed by atoms with Gasteiger partial charge in [-0.25, -0.2) is 0 Å². The number of hydrogen-bond donors (Lipinski definition) is 6. The molecule has 0 aromatic heterocycles. The molecule has 0 spiro atoms. The molecule has 2 saturated heterocycles. The molecule has 0 aromatic rings. The molecule has 17 nitrogen and oxygen atoms in total. The first-order chi connectivity index (χ1) is 20.2. The summed E-state index contributed by atoms with van der Waals surface area (Å²) in [6.45, 7) is 4.43. The van der Waals surface area contributed by atoms with Crippen LogP contribution in [0.1, 0.15) is 59.3 Å². The number of hydrogen-bond acceptors (Lipinski definition) is 9. The van der Waals surface area contributed by atoms with E-state index in [1.807, 2.05) is 0 Å². The summed E-state index contributed by atoms with van der Waals surface area (Å²) in [5.41, 5.74) is 10.5. The van der Waals surface area contributed by atoms with Crippen molar-refractivity contribution in [3.63, 3.8) is 0 Å². The van der Waals surface area contributed by atoms with Gasteiger partial charge >= 0.3 is 0 Å². The van der Waals surface area contributed by atoms with Crippen LogP contribution in [0.15, 0.2) is 0 Å². The highest BCUT2D eigenvalue weighted by atomic mass is 16.2. The van der Waals surface area contributed by atoms with Crippen LogP contribution in [0.25, 0.3) is 0 Å². The summed E-state index contributed by atoms with van der Waals surface area (Å²) in [7, 11) is 0. The van der Waals surface area contributed by atoms with Gasteiger partial charge < -0.3 is 47.3 Å². The normalized spacial score (nSPS) is 20.6. The number of nitrogens with two attached hydrogens (primary N) is 2. The lowest BCUT2D eigenvalue weighted by Gasteiger charge is -2.29. The fraction of sp³-hybridized carbons (Fsp3) is 0.654. The molecule has 0 aromatic carbocycles. The Bertz CT molecular complexity index is 1130. The van der Waals surface area contributed by atoms with Crippen LogP contribution in [0.5, 0.6) is 0 Å². The van der Waals surface area contributed by atoms with Gasteiger partial charge in [-0.1, -0.05) is 0 Å². The standard InChI is InChI=1S/C26H40N8O9/c1-13(22(39)30-14(2)25(42)33-8-4-6-16(33)12-35)29-23(40)17(10-20(27)37)32-24(41)19-7-5-9-34(19)26(43)18(11-21(28)38)31-15(3)36/h12-14,16-19H,4-11H2,1-3H3,(H2,27,37)(H2,28,38)(H,29,40)(H,30,39)(H,31,36)(H,32,41)/t13-,14-,16-,17-,18-,19-/m0/s1. The fourth-order valence-electron chi connectivity index (χ4n) is 5.06. The molecule has 0 unspecified atom stereocenters. The number of nitrogens with one attached hydrogen (secondary N) is 4. The van der Waals surface area contributed by atoms with Gasteiger partial charge in [0, 0.05) is 20.0 Å². The molecule has 0 bridgehead atoms. The maximum absolute atomic E-state index is 13.2. The van der Waals surface area contributed by atoms with Crippen molar-refractivity contribution >= 4 is 53.5 Å². The summed E-state index contributed by atoms with van der Waals surface area (Å²) in [5, 5.41) is 9.59. The van der Waals surface area contributed by atoms with E-state index in [1.54, 1.807) is 0 Å². The molecular formula is C26H40N8O9. The van der Waals surface area contributed by atoms with Gasteiger partial charge in [-0.2, -0.15) is 0 Å². The van der Waals surface area contributed by atoms with Crippen molar-refractivity contribution in [2.45, 2.75) is 95.5 Å². The maximum Gasteiger partial charge on any atom is 0.246 e. The minimum Gasteiger partial charge on any atom is -0.370 e. The zero-order valence-electron chi connectivity index (χ0n) is 24.4. The molecule has 0 radical (unpaired) electrons. The number of nitrogens with zero attached hydrogens (tertiary/aromatic N) is 2. The Kier molecular flexibility index (Phi) is 12.6. The predicted molar refractivity (Wildman–Crippen MR) is 148 cm³/mol. The lowest BCUT2D eigenvalue weighted by atomic mass is 10.1. The number of aldehydes is 1. The summed E-state index contributed by atoms with van der Waals surface area (Å²) < 4.78 is 0. The molecule has 2 heterocycles. The average Bonchev–Trinajstić information content (AvgIpc) is 3.60. The van der Waals surface area contributed by atoms with Crippen molar-refractivity contribution < 1.29 is 43.2 Å². The zero-order chi connectivity index (χ0) is 32.4. The van der Waals surface area contributed by atoms with E-state index in [2.05, 4.69) is 21.3 Å². The van der Waals surface area contributed by atoms with Crippen LogP contribution < -0.4 is 32.7 Å². The quantitative estimate of drug-likeness (QED) is 0.105. The summed E-state index contributed by atoms with van der Waals surface area (Å²) in [4.78, 5) is 113. The Morgan fingerprint density at radius 1 is 0.744 bits per heavy atom. The molecular weight excluding hydrogens is 568 g/mol. The van der Waals surface area contributed by atoms with Crippen LogP contribution in [0.2, 0.25) is 0 Å². The van der Waals surface area contributed by atoms with Crippen LogP contribution >= 0.6 is 0 Å². The smallest absolute Gasteiger partial charge is 0.246 e. The largest absolute Gasteiger partial charge is 0.370 e. The molecule has 2 rings (SSSR count). The molecule has 17 heteroatoms.